The van der Waals surface area contributed by atoms with Crippen LogP contribution in [0.1, 0.15) is 40.2 Å². The van der Waals surface area contributed by atoms with Gasteiger partial charge in [0.1, 0.15) is 5.75 Å². The zero-order valence-corrected chi connectivity index (χ0v) is 22.6. The first-order valence-electron chi connectivity index (χ1n) is 11.2. The average molecular weight is 537 g/mol. The van der Waals surface area contributed by atoms with E-state index >= 15 is 0 Å². The predicted octanol–water partition coefficient (Wildman–Crippen LogP) is 2.72. The van der Waals surface area contributed by atoms with Gasteiger partial charge in [-0.15, -0.1) is 12.4 Å². The van der Waals surface area contributed by atoms with Gasteiger partial charge in [-0.2, -0.15) is 0 Å². The van der Waals surface area contributed by atoms with Crippen LogP contribution in [0, 0.1) is 26.2 Å². The van der Waals surface area contributed by atoms with Crippen LogP contribution in [-0.2, 0) is 17.1 Å². The molecule has 0 aliphatic rings. The number of hydrogen-bond donors (Lipinski definition) is 4. The average Bonchev–Trinajstić information content (AvgIpc) is 3.14. The fraction of sp³-hybridized carbons (Fsp3) is 0.375. The van der Waals surface area contributed by atoms with Gasteiger partial charge in [0.25, 0.3) is 10.0 Å². The van der Waals surface area contributed by atoms with Crippen molar-refractivity contribution in [3.63, 3.8) is 0 Å². The zero-order valence-electron chi connectivity index (χ0n) is 21.0. The second kappa shape index (κ2) is 11.7. The summed E-state index contributed by atoms with van der Waals surface area (Å²) in [6, 6.07) is 8.37. The fourth-order valence-electron chi connectivity index (χ4n) is 4.07. The lowest BCUT2D eigenvalue weighted by atomic mass is 10.1. The standard InChI is InChI=1S/C24H32N6O4S.ClH/c1-14-13-20(34-5)15(2)16(3)22(14)35(32,33)29-24(26)27-12-8-9-17(25)21(31)23-28-18-10-6-7-11-19(18)30(23)4;/h6-7,10-11,13,17H,8-9,12,25H2,1-5H3,(H3,26,27,29);1H. The Morgan fingerprint density at radius 1 is 1.22 bits per heavy atom. The number of aryl methyl sites for hydroxylation is 2. The number of carbonyl (C=O) groups excluding carboxylic acids is 1. The van der Waals surface area contributed by atoms with Crippen LogP contribution < -0.4 is 20.5 Å². The number of methoxy groups -OCH3 is 1. The van der Waals surface area contributed by atoms with E-state index in [0.717, 1.165) is 16.6 Å². The summed E-state index contributed by atoms with van der Waals surface area (Å²) in [5, 5.41) is 10.8. The van der Waals surface area contributed by atoms with E-state index in [-0.39, 0.29) is 35.6 Å². The number of halogens is 1. The molecular weight excluding hydrogens is 504 g/mol. The first kappa shape index (κ1) is 29.1. The number of sulfonamides is 1. The number of imidazole rings is 1. The Bertz CT molecular complexity index is 1390. The topological polar surface area (TPSA) is 152 Å². The minimum Gasteiger partial charge on any atom is -0.496 e. The lowest BCUT2D eigenvalue weighted by molar-refractivity contribution is 0.0943. The molecule has 2 aromatic carbocycles. The highest BCUT2D eigenvalue weighted by Gasteiger charge is 2.24. The number of nitrogens with one attached hydrogen (secondary N) is 3. The van der Waals surface area contributed by atoms with Gasteiger partial charge >= 0.3 is 0 Å². The predicted molar refractivity (Wildman–Crippen MR) is 143 cm³/mol. The van der Waals surface area contributed by atoms with Gasteiger partial charge < -0.3 is 20.4 Å². The van der Waals surface area contributed by atoms with Crippen molar-refractivity contribution in [2.45, 2.75) is 44.6 Å². The van der Waals surface area contributed by atoms with Gasteiger partial charge in [-0.1, -0.05) is 12.1 Å². The van der Waals surface area contributed by atoms with Gasteiger partial charge in [-0.05, 0) is 68.5 Å². The SMILES string of the molecule is COc1cc(C)c(S(=O)(=O)NC(=N)NCCCC(N)C(=O)c2nc3ccccc3n2C)c(C)c1C.Cl. The van der Waals surface area contributed by atoms with Crippen LogP contribution in [0.2, 0.25) is 0 Å². The number of para-hydroxylation sites is 2. The number of ether oxygens (including phenoxy) is 1. The first-order valence-corrected chi connectivity index (χ1v) is 12.7. The number of hydrogen-bond acceptors (Lipinski definition) is 7. The molecule has 1 aromatic heterocycles. The summed E-state index contributed by atoms with van der Waals surface area (Å²) in [4.78, 5) is 17.3. The highest BCUT2D eigenvalue weighted by atomic mass is 35.5. The summed E-state index contributed by atoms with van der Waals surface area (Å²) < 4.78 is 35.1. The van der Waals surface area contributed by atoms with E-state index in [1.807, 2.05) is 24.3 Å². The molecule has 1 atom stereocenters. The summed E-state index contributed by atoms with van der Waals surface area (Å²) in [6.45, 7) is 5.45. The molecule has 5 N–H and O–H groups in total. The highest BCUT2D eigenvalue weighted by Crippen LogP contribution is 2.30. The molecule has 36 heavy (non-hydrogen) atoms. The molecule has 0 saturated carbocycles. The van der Waals surface area contributed by atoms with Crippen molar-refractivity contribution >= 4 is 45.2 Å². The van der Waals surface area contributed by atoms with Crippen molar-refractivity contribution in [2.24, 2.45) is 12.8 Å². The molecule has 3 aromatic rings. The molecule has 0 saturated heterocycles. The van der Waals surface area contributed by atoms with Crippen LogP contribution in [-0.4, -0.2) is 49.4 Å². The molecule has 1 heterocycles. The molecule has 0 aliphatic carbocycles. The van der Waals surface area contributed by atoms with Crippen molar-refractivity contribution < 1.29 is 17.9 Å². The van der Waals surface area contributed by atoms with E-state index < -0.39 is 16.1 Å². The van der Waals surface area contributed by atoms with Gasteiger partial charge in [0.2, 0.25) is 11.7 Å². The number of Topliss-reactive ketones (excluding diaryl/α,β-unsaturated/α-hetero) is 1. The summed E-state index contributed by atoms with van der Waals surface area (Å²) in [6.07, 6.45) is 0.811. The molecule has 0 aliphatic heterocycles. The molecule has 0 radical (unpaired) electrons. The smallest absolute Gasteiger partial charge is 0.264 e. The summed E-state index contributed by atoms with van der Waals surface area (Å²) in [7, 11) is -0.663. The third kappa shape index (κ3) is 5.97. The van der Waals surface area contributed by atoms with E-state index in [1.165, 1.54) is 7.11 Å². The second-order valence-electron chi connectivity index (χ2n) is 8.48. The van der Waals surface area contributed by atoms with Crippen molar-refractivity contribution in [1.29, 1.82) is 5.41 Å². The normalized spacial score (nSPS) is 12.1. The minimum atomic E-state index is -3.97. The fourth-order valence-corrected chi connectivity index (χ4v) is 5.55. The lowest BCUT2D eigenvalue weighted by Crippen LogP contribution is -2.41. The number of carbonyl (C=O) groups is 1. The zero-order chi connectivity index (χ0) is 25.9. The number of ketones is 1. The van der Waals surface area contributed by atoms with Crippen LogP contribution in [0.4, 0.5) is 0 Å². The van der Waals surface area contributed by atoms with E-state index in [4.69, 9.17) is 15.9 Å². The molecule has 196 valence electrons. The second-order valence-corrected chi connectivity index (χ2v) is 10.1. The van der Waals surface area contributed by atoms with Crippen LogP contribution in [0.5, 0.6) is 5.75 Å². The minimum absolute atomic E-state index is 0. The molecule has 0 amide bonds. The van der Waals surface area contributed by atoms with E-state index in [1.54, 1.807) is 38.5 Å². The van der Waals surface area contributed by atoms with E-state index in [9.17, 15) is 13.2 Å². The lowest BCUT2D eigenvalue weighted by Gasteiger charge is -2.18. The Labute approximate surface area is 217 Å². The molecule has 12 heteroatoms. The number of nitrogens with two attached hydrogens (primary N) is 1. The van der Waals surface area contributed by atoms with Crippen molar-refractivity contribution in [3.05, 3.63) is 52.8 Å². The summed E-state index contributed by atoms with van der Waals surface area (Å²) in [5.74, 6) is 0.289. The van der Waals surface area contributed by atoms with Crippen LogP contribution in [0.3, 0.4) is 0 Å². The van der Waals surface area contributed by atoms with Crippen molar-refractivity contribution in [1.82, 2.24) is 19.6 Å². The van der Waals surface area contributed by atoms with Crippen molar-refractivity contribution in [2.75, 3.05) is 13.7 Å². The van der Waals surface area contributed by atoms with Crippen LogP contribution >= 0.6 is 12.4 Å². The number of guanidine groups is 1. The molecule has 10 nitrogen and oxygen atoms in total. The van der Waals surface area contributed by atoms with Crippen LogP contribution in [0.15, 0.2) is 35.2 Å². The Morgan fingerprint density at radius 3 is 2.53 bits per heavy atom. The van der Waals surface area contributed by atoms with E-state index in [2.05, 4.69) is 15.0 Å². The van der Waals surface area contributed by atoms with Gasteiger partial charge in [0, 0.05) is 13.6 Å². The van der Waals surface area contributed by atoms with Crippen LogP contribution in [0.25, 0.3) is 11.0 Å². The van der Waals surface area contributed by atoms with E-state index in [0.29, 0.717) is 35.5 Å². The molecule has 1 unspecified atom stereocenters. The van der Waals surface area contributed by atoms with Gasteiger partial charge in [-0.3, -0.25) is 10.2 Å². The number of benzene rings is 2. The molecular formula is C24H33ClN6O4S. The monoisotopic (exact) mass is 536 g/mol. The number of aromatic nitrogens is 2. The third-order valence-electron chi connectivity index (χ3n) is 6.04. The summed E-state index contributed by atoms with van der Waals surface area (Å²) >= 11 is 0. The Morgan fingerprint density at radius 2 is 1.89 bits per heavy atom. The molecule has 0 spiro atoms. The van der Waals surface area contributed by atoms with Crippen molar-refractivity contribution in [3.8, 4) is 5.75 Å². The maximum atomic E-state index is 12.9. The number of nitrogens with zero attached hydrogens (tertiary/aromatic N) is 2. The Hall–Kier alpha value is -3.15. The van der Waals surface area contributed by atoms with Gasteiger partial charge in [0.05, 0.1) is 29.1 Å². The number of fused-ring (bicyclic) bond motifs is 1. The summed E-state index contributed by atoms with van der Waals surface area (Å²) in [5.41, 5.74) is 9.48. The number of rotatable bonds is 9. The maximum Gasteiger partial charge on any atom is 0.264 e. The maximum absolute atomic E-state index is 12.9. The Balaban J connectivity index is 0.00000456. The molecule has 0 bridgehead atoms. The molecule has 3 rings (SSSR count). The first-order chi connectivity index (χ1) is 16.5. The van der Waals surface area contributed by atoms with Gasteiger partial charge in [-0.25, -0.2) is 18.1 Å². The third-order valence-corrected chi connectivity index (χ3v) is 7.68. The van der Waals surface area contributed by atoms with Gasteiger partial charge in [0.15, 0.2) is 5.82 Å². The largest absolute Gasteiger partial charge is 0.496 e. The molecule has 0 fully saturated rings. The Kier molecular flexibility index (Phi) is 9.47. The quantitative estimate of drug-likeness (QED) is 0.142. The highest BCUT2D eigenvalue weighted by molar-refractivity contribution is 7.90.